The van der Waals surface area contributed by atoms with E-state index in [0.717, 1.165) is 17.6 Å². The summed E-state index contributed by atoms with van der Waals surface area (Å²) >= 11 is 0. The fraction of sp³-hybridized carbons (Fsp3) is 0.500. The maximum atomic E-state index is 6.86. The van der Waals surface area contributed by atoms with Crippen LogP contribution in [0.3, 0.4) is 0 Å². The Morgan fingerprint density at radius 2 is 1.80 bits per heavy atom. The molecule has 0 radical (unpaired) electrons. The summed E-state index contributed by atoms with van der Waals surface area (Å²) in [5.41, 5.74) is 10.2. The molecule has 106 valence electrons. The second kappa shape index (κ2) is 4.56. The zero-order chi connectivity index (χ0) is 14.4. The van der Waals surface area contributed by atoms with Crippen molar-refractivity contribution in [3.63, 3.8) is 0 Å². The molecule has 1 aliphatic carbocycles. The first-order valence-electron chi connectivity index (χ1n) is 7.59. The first-order chi connectivity index (χ1) is 9.42. The van der Waals surface area contributed by atoms with Gasteiger partial charge in [-0.05, 0) is 48.9 Å². The predicted octanol–water partition coefficient (Wildman–Crippen LogP) is 4.30. The summed E-state index contributed by atoms with van der Waals surface area (Å²) in [4.78, 5) is 4.58. The third-order valence-electron chi connectivity index (χ3n) is 5.17. The average molecular weight is 268 g/mol. The molecule has 20 heavy (non-hydrogen) atoms. The van der Waals surface area contributed by atoms with Crippen molar-refractivity contribution >= 4 is 10.9 Å². The molecule has 2 nitrogen and oxygen atoms in total. The number of nitrogens with zero attached hydrogens (tertiary/aromatic N) is 1. The first-order valence-corrected chi connectivity index (χ1v) is 7.59. The van der Waals surface area contributed by atoms with Crippen LogP contribution in [0.5, 0.6) is 0 Å². The lowest BCUT2D eigenvalue weighted by Gasteiger charge is -2.48. The monoisotopic (exact) mass is 268 g/mol. The SMILES string of the molecule is Cc1ccc2cc(C3(N)CCCCC3(C)C)ccc2n1. The summed E-state index contributed by atoms with van der Waals surface area (Å²) in [6, 6.07) is 10.8. The molecular weight excluding hydrogens is 244 g/mol. The van der Waals surface area contributed by atoms with E-state index in [1.807, 2.05) is 6.92 Å². The molecule has 1 aromatic heterocycles. The van der Waals surface area contributed by atoms with E-state index in [1.165, 1.54) is 30.2 Å². The molecule has 2 N–H and O–H groups in total. The molecule has 0 amide bonds. The Morgan fingerprint density at radius 1 is 1.05 bits per heavy atom. The van der Waals surface area contributed by atoms with Crippen molar-refractivity contribution in [2.24, 2.45) is 11.1 Å². The van der Waals surface area contributed by atoms with E-state index >= 15 is 0 Å². The minimum Gasteiger partial charge on any atom is -0.321 e. The van der Waals surface area contributed by atoms with Crippen molar-refractivity contribution in [1.29, 1.82) is 0 Å². The minimum atomic E-state index is -0.218. The van der Waals surface area contributed by atoms with Gasteiger partial charge in [0.05, 0.1) is 5.52 Å². The normalized spacial score (nSPS) is 25.8. The lowest BCUT2D eigenvalue weighted by molar-refractivity contribution is 0.0980. The van der Waals surface area contributed by atoms with Gasteiger partial charge in [-0.25, -0.2) is 0 Å². The van der Waals surface area contributed by atoms with Crippen LogP contribution < -0.4 is 5.73 Å². The number of rotatable bonds is 1. The van der Waals surface area contributed by atoms with E-state index in [9.17, 15) is 0 Å². The van der Waals surface area contributed by atoms with Crippen LogP contribution in [-0.4, -0.2) is 4.98 Å². The maximum absolute atomic E-state index is 6.86. The molecule has 2 heteroatoms. The summed E-state index contributed by atoms with van der Waals surface area (Å²) in [5, 5.41) is 1.19. The van der Waals surface area contributed by atoms with Gasteiger partial charge in [0.15, 0.2) is 0 Å². The second-order valence-electron chi connectivity index (χ2n) is 6.92. The lowest BCUT2D eigenvalue weighted by Crippen LogP contribution is -2.51. The van der Waals surface area contributed by atoms with Crippen molar-refractivity contribution < 1.29 is 0 Å². The van der Waals surface area contributed by atoms with Crippen LogP contribution >= 0.6 is 0 Å². The van der Waals surface area contributed by atoms with Crippen LogP contribution in [0, 0.1) is 12.3 Å². The molecule has 1 atom stereocenters. The highest BCUT2D eigenvalue weighted by Gasteiger charge is 2.44. The molecule has 1 heterocycles. The quantitative estimate of drug-likeness (QED) is 0.837. The number of nitrogens with two attached hydrogens (primary N) is 1. The number of aromatic nitrogens is 1. The molecule has 1 aliphatic rings. The molecule has 1 fully saturated rings. The predicted molar refractivity (Wildman–Crippen MR) is 84.6 cm³/mol. The third-order valence-corrected chi connectivity index (χ3v) is 5.17. The van der Waals surface area contributed by atoms with Gasteiger partial charge in [-0.15, -0.1) is 0 Å². The highest BCUT2D eigenvalue weighted by atomic mass is 14.8. The van der Waals surface area contributed by atoms with Gasteiger partial charge in [0, 0.05) is 16.6 Å². The number of hydrogen-bond donors (Lipinski definition) is 1. The summed E-state index contributed by atoms with van der Waals surface area (Å²) in [7, 11) is 0. The third kappa shape index (κ3) is 2.03. The summed E-state index contributed by atoms with van der Waals surface area (Å²) in [5.74, 6) is 0. The Hall–Kier alpha value is -1.41. The number of aryl methyl sites for hydroxylation is 1. The van der Waals surface area contributed by atoms with Gasteiger partial charge < -0.3 is 5.73 Å². The molecule has 1 unspecified atom stereocenters. The molecule has 2 aromatic rings. The topological polar surface area (TPSA) is 38.9 Å². The summed E-state index contributed by atoms with van der Waals surface area (Å²) < 4.78 is 0. The van der Waals surface area contributed by atoms with E-state index in [4.69, 9.17) is 5.73 Å². The molecule has 0 spiro atoms. The fourth-order valence-electron chi connectivity index (χ4n) is 3.57. The van der Waals surface area contributed by atoms with E-state index in [0.29, 0.717) is 0 Å². The summed E-state index contributed by atoms with van der Waals surface area (Å²) in [6.07, 6.45) is 4.79. The highest BCUT2D eigenvalue weighted by molar-refractivity contribution is 5.79. The Bertz CT molecular complexity index is 645. The second-order valence-corrected chi connectivity index (χ2v) is 6.92. The minimum absolute atomic E-state index is 0.150. The molecule has 0 aliphatic heterocycles. The molecule has 3 rings (SSSR count). The Kier molecular flexibility index (Phi) is 3.09. The van der Waals surface area contributed by atoms with Crippen molar-refractivity contribution in [2.75, 3.05) is 0 Å². The standard InChI is InChI=1S/C18H24N2/c1-13-6-7-14-12-15(8-9-16(14)20-13)18(19)11-5-4-10-17(18,2)3/h6-9,12H,4-5,10-11,19H2,1-3H3. The average Bonchev–Trinajstić information content (AvgIpc) is 2.41. The molecule has 0 bridgehead atoms. The van der Waals surface area contributed by atoms with Gasteiger partial charge in [-0.1, -0.05) is 38.8 Å². The van der Waals surface area contributed by atoms with E-state index in [2.05, 4.69) is 49.2 Å². The van der Waals surface area contributed by atoms with Crippen molar-refractivity contribution in [1.82, 2.24) is 4.98 Å². The number of fused-ring (bicyclic) bond motifs is 1. The largest absolute Gasteiger partial charge is 0.321 e. The van der Waals surface area contributed by atoms with Gasteiger partial charge in [-0.2, -0.15) is 0 Å². The van der Waals surface area contributed by atoms with Crippen LogP contribution in [0.25, 0.3) is 10.9 Å². The molecule has 0 saturated heterocycles. The van der Waals surface area contributed by atoms with Crippen LogP contribution in [0.15, 0.2) is 30.3 Å². The van der Waals surface area contributed by atoms with Gasteiger partial charge in [-0.3, -0.25) is 4.98 Å². The smallest absolute Gasteiger partial charge is 0.0705 e. The first kappa shape index (κ1) is 13.6. The van der Waals surface area contributed by atoms with Crippen molar-refractivity contribution in [3.8, 4) is 0 Å². The van der Waals surface area contributed by atoms with E-state index < -0.39 is 0 Å². The number of hydrogen-bond acceptors (Lipinski definition) is 2. The fourth-order valence-corrected chi connectivity index (χ4v) is 3.57. The van der Waals surface area contributed by atoms with Crippen LogP contribution in [0.2, 0.25) is 0 Å². The van der Waals surface area contributed by atoms with Crippen LogP contribution in [-0.2, 0) is 5.54 Å². The number of benzene rings is 1. The molecular formula is C18H24N2. The lowest BCUT2D eigenvalue weighted by atomic mass is 9.61. The Balaban J connectivity index is 2.11. The highest BCUT2D eigenvalue weighted by Crippen LogP contribution is 2.48. The zero-order valence-electron chi connectivity index (χ0n) is 12.7. The van der Waals surface area contributed by atoms with Crippen molar-refractivity contribution in [2.45, 2.75) is 52.0 Å². The summed E-state index contributed by atoms with van der Waals surface area (Å²) in [6.45, 7) is 6.65. The van der Waals surface area contributed by atoms with E-state index in [-0.39, 0.29) is 11.0 Å². The van der Waals surface area contributed by atoms with Crippen molar-refractivity contribution in [3.05, 3.63) is 41.6 Å². The van der Waals surface area contributed by atoms with Gasteiger partial charge >= 0.3 is 0 Å². The maximum Gasteiger partial charge on any atom is 0.0705 e. The van der Waals surface area contributed by atoms with Gasteiger partial charge in [0.1, 0.15) is 0 Å². The van der Waals surface area contributed by atoms with Gasteiger partial charge in [0.2, 0.25) is 0 Å². The zero-order valence-corrected chi connectivity index (χ0v) is 12.7. The molecule has 1 aromatic carbocycles. The number of pyridine rings is 1. The van der Waals surface area contributed by atoms with E-state index in [1.54, 1.807) is 0 Å². The Morgan fingerprint density at radius 3 is 2.55 bits per heavy atom. The van der Waals surface area contributed by atoms with Crippen LogP contribution in [0.4, 0.5) is 0 Å². The Labute approximate surface area is 121 Å². The molecule has 1 saturated carbocycles. The van der Waals surface area contributed by atoms with Gasteiger partial charge in [0.25, 0.3) is 0 Å². The van der Waals surface area contributed by atoms with Crippen LogP contribution in [0.1, 0.15) is 50.8 Å².